The molecule has 0 aliphatic carbocycles. The summed E-state index contributed by atoms with van der Waals surface area (Å²) in [5, 5.41) is 5.32. The third-order valence-electron chi connectivity index (χ3n) is 9.44. The van der Waals surface area contributed by atoms with E-state index in [2.05, 4.69) is 64.3 Å². The Balaban J connectivity index is 1.64. The molecule has 0 unspecified atom stereocenters. The number of hydrogen-bond donors (Lipinski definition) is 2. The second kappa shape index (κ2) is 17.1. The van der Waals surface area contributed by atoms with Gasteiger partial charge in [-0.1, -0.05) is 163 Å². The zero-order valence-corrected chi connectivity index (χ0v) is 30.5. The van der Waals surface area contributed by atoms with Crippen LogP contribution in [0.3, 0.4) is 0 Å². The van der Waals surface area contributed by atoms with Gasteiger partial charge in [0.05, 0.1) is 0 Å². The van der Waals surface area contributed by atoms with Gasteiger partial charge in [0.15, 0.2) is 0 Å². The first-order valence-electron chi connectivity index (χ1n) is 17.1. The Bertz CT molecular complexity index is 1620. The molecule has 0 bridgehead atoms. The summed E-state index contributed by atoms with van der Waals surface area (Å²) in [5.41, 5.74) is 3.82. The predicted molar refractivity (Wildman–Crippen MR) is 197 cm³/mol. The Labute approximate surface area is 292 Å². The topological polar surface area (TPSA) is 93.7 Å². The molecule has 0 aromatic heterocycles. The summed E-state index contributed by atoms with van der Waals surface area (Å²) in [6.45, 7) is 12.9. The molecular weight excluding hydrogens is 629 g/mol. The van der Waals surface area contributed by atoms with E-state index in [1.54, 1.807) is 0 Å². The molecule has 4 rings (SSSR count). The molecular formula is C41H50N2O5Si. The molecule has 0 radical (unpaired) electrons. The SMILES string of the molecule is CC(C)[Si](OC(=O)[C@H](Cc1ccccc1)NC(=O)[C@H](Cc1ccccc1)NC(=O)OCc1ccccc1)(C(C)C)C(C)(C)c1ccccc1. The van der Waals surface area contributed by atoms with Crippen molar-refractivity contribution in [1.29, 1.82) is 0 Å². The third-order valence-corrected chi connectivity index (χ3v) is 15.7. The molecule has 4 aromatic carbocycles. The molecule has 8 heteroatoms. The van der Waals surface area contributed by atoms with Gasteiger partial charge in [0, 0.05) is 17.9 Å². The molecule has 0 aliphatic heterocycles. The van der Waals surface area contributed by atoms with Gasteiger partial charge in [0.25, 0.3) is 8.32 Å². The minimum Gasteiger partial charge on any atom is -0.516 e. The van der Waals surface area contributed by atoms with Crippen LogP contribution in [0.1, 0.15) is 63.8 Å². The van der Waals surface area contributed by atoms with Gasteiger partial charge in [-0.25, -0.2) is 4.79 Å². The van der Waals surface area contributed by atoms with E-state index in [9.17, 15) is 14.4 Å². The highest BCUT2D eigenvalue weighted by Crippen LogP contribution is 2.48. The van der Waals surface area contributed by atoms with Crippen LogP contribution in [0.2, 0.25) is 11.1 Å². The van der Waals surface area contributed by atoms with Gasteiger partial charge in [0.1, 0.15) is 18.7 Å². The minimum absolute atomic E-state index is 0.0591. The summed E-state index contributed by atoms with van der Waals surface area (Å²) in [4.78, 5) is 41.7. The van der Waals surface area contributed by atoms with E-state index >= 15 is 0 Å². The van der Waals surface area contributed by atoms with Crippen molar-refractivity contribution >= 4 is 26.3 Å². The summed E-state index contributed by atoms with van der Waals surface area (Å²) in [6, 6.07) is 36.6. The van der Waals surface area contributed by atoms with Crippen molar-refractivity contribution in [3.05, 3.63) is 144 Å². The van der Waals surface area contributed by atoms with E-state index in [1.165, 1.54) is 0 Å². The lowest BCUT2D eigenvalue weighted by molar-refractivity contribution is -0.141. The second-order valence-corrected chi connectivity index (χ2v) is 19.1. The summed E-state index contributed by atoms with van der Waals surface area (Å²) in [7, 11) is -2.96. The Morgan fingerprint density at radius 1 is 0.612 bits per heavy atom. The molecule has 0 aliphatic rings. The van der Waals surface area contributed by atoms with Gasteiger partial charge in [0.2, 0.25) is 5.91 Å². The summed E-state index contributed by atoms with van der Waals surface area (Å²) in [6.07, 6.45) is -0.287. The van der Waals surface area contributed by atoms with E-state index in [4.69, 9.17) is 9.16 Å². The molecule has 49 heavy (non-hydrogen) atoms. The van der Waals surface area contributed by atoms with Gasteiger partial charge >= 0.3 is 12.1 Å². The average molecular weight is 679 g/mol. The van der Waals surface area contributed by atoms with Crippen LogP contribution in [-0.4, -0.2) is 38.4 Å². The molecule has 0 spiro atoms. The van der Waals surface area contributed by atoms with Crippen molar-refractivity contribution in [1.82, 2.24) is 10.6 Å². The van der Waals surface area contributed by atoms with Crippen LogP contribution in [0.4, 0.5) is 4.79 Å². The van der Waals surface area contributed by atoms with Gasteiger partial charge in [-0.05, 0) is 33.3 Å². The fourth-order valence-corrected chi connectivity index (χ4v) is 13.1. The Kier molecular flexibility index (Phi) is 13.0. The molecule has 4 aromatic rings. The van der Waals surface area contributed by atoms with Gasteiger partial charge in [-0.2, -0.15) is 0 Å². The summed E-state index contributed by atoms with van der Waals surface area (Å²) >= 11 is 0. The standard InChI is InChI=1S/C41H50N2O5Si/c1-30(2)49(31(3)4,41(5,6)35-25-17-10-18-26-35)48-39(45)37(28-33-21-13-8-14-22-33)42-38(44)36(27-32-19-11-7-12-20-32)43-40(46)47-29-34-23-15-9-16-24-34/h7-26,30-31,36-37H,27-29H2,1-6H3,(H,42,44)(H,43,46)/t36-,37-/m0/s1. The highest BCUT2D eigenvalue weighted by Gasteiger charge is 2.58. The lowest BCUT2D eigenvalue weighted by Gasteiger charge is -2.49. The lowest BCUT2D eigenvalue weighted by Crippen LogP contribution is -2.63. The van der Waals surface area contributed by atoms with Gasteiger partial charge in [-0.3, -0.25) is 9.59 Å². The Morgan fingerprint density at radius 3 is 1.51 bits per heavy atom. The zero-order chi connectivity index (χ0) is 35.4. The van der Waals surface area contributed by atoms with Crippen LogP contribution >= 0.6 is 0 Å². The zero-order valence-electron chi connectivity index (χ0n) is 29.5. The van der Waals surface area contributed by atoms with Crippen LogP contribution in [0.5, 0.6) is 0 Å². The smallest absolute Gasteiger partial charge is 0.408 e. The molecule has 0 fully saturated rings. The van der Waals surface area contributed by atoms with Crippen molar-refractivity contribution in [2.24, 2.45) is 0 Å². The number of hydrogen-bond acceptors (Lipinski definition) is 5. The van der Waals surface area contributed by atoms with Crippen molar-refractivity contribution in [2.45, 2.75) is 89.2 Å². The Hall–Kier alpha value is -4.69. The minimum atomic E-state index is -2.96. The first-order chi connectivity index (χ1) is 23.4. The first kappa shape index (κ1) is 37.1. The summed E-state index contributed by atoms with van der Waals surface area (Å²) in [5.74, 6) is -0.970. The van der Waals surface area contributed by atoms with E-state index < -0.39 is 43.4 Å². The van der Waals surface area contributed by atoms with E-state index in [0.29, 0.717) is 0 Å². The molecule has 2 amide bonds. The number of ether oxygens (including phenoxy) is 1. The normalized spacial score (nSPS) is 13.0. The first-order valence-corrected chi connectivity index (χ1v) is 19.1. The quantitative estimate of drug-likeness (QED) is 0.124. The van der Waals surface area contributed by atoms with Crippen molar-refractivity contribution in [3.8, 4) is 0 Å². The number of amides is 2. The van der Waals surface area contributed by atoms with E-state index in [-0.39, 0.29) is 30.5 Å². The molecule has 7 nitrogen and oxygen atoms in total. The number of alkyl carbamates (subject to hydrolysis) is 1. The number of carbonyl (C=O) groups is 3. The molecule has 0 saturated carbocycles. The maximum Gasteiger partial charge on any atom is 0.408 e. The third kappa shape index (κ3) is 9.48. The van der Waals surface area contributed by atoms with Crippen LogP contribution in [-0.2, 0) is 43.2 Å². The Morgan fingerprint density at radius 2 is 1.04 bits per heavy atom. The largest absolute Gasteiger partial charge is 0.516 e. The molecule has 0 saturated heterocycles. The fraction of sp³-hybridized carbons (Fsp3) is 0.341. The van der Waals surface area contributed by atoms with Crippen LogP contribution in [0, 0.1) is 0 Å². The van der Waals surface area contributed by atoms with Crippen LogP contribution < -0.4 is 10.6 Å². The van der Waals surface area contributed by atoms with Gasteiger partial charge in [-0.15, -0.1) is 0 Å². The van der Waals surface area contributed by atoms with Crippen molar-refractivity contribution in [3.63, 3.8) is 0 Å². The average Bonchev–Trinajstić information content (AvgIpc) is 3.10. The fourth-order valence-electron chi connectivity index (χ4n) is 7.07. The van der Waals surface area contributed by atoms with Crippen molar-refractivity contribution < 1.29 is 23.5 Å². The number of nitrogens with one attached hydrogen (secondary N) is 2. The monoisotopic (exact) mass is 678 g/mol. The van der Waals surface area contributed by atoms with Crippen molar-refractivity contribution in [2.75, 3.05) is 0 Å². The highest BCUT2D eigenvalue weighted by molar-refractivity contribution is 6.80. The molecule has 2 atom stereocenters. The number of benzene rings is 4. The lowest BCUT2D eigenvalue weighted by atomic mass is 10.0. The number of carbonyl (C=O) groups excluding carboxylic acids is 3. The number of rotatable bonds is 15. The van der Waals surface area contributed by atoms with Gasteiger partial charge < -0.3 is 19.8 Å². The van der Waals surface area contributed by atoms with E-state index in [0.717, 1.165) is 22.3 Å². The molecule has 0 heterocycles. The molecule has 258 valence electrons. The van der Waals surface area contributed by atoms with E-state index in [1.807, 2.05) is 109 Å². The summed E-state index contributed by atoms with van der Waals surface area (Å²) < 4.78 is 12.3. The second-order valence-electron chi connectivity index (χ2n) is 13.7. The van der Waals surface area contributed by atoms with Crippen LogP contribution in [0.25, 0.3) is 0 Å². The maximum absolute atomic E-state index is 14.5. The molecule has 2 N–H and O–H groups in total. The highest BCUT2D eigenvalue weighted by atomic mass is 28.4. The predicted octanol–water partition coefficient (Wildman–Crippen LogP) is 8.08. The maximum atomic E-state index is 14.5. The van der Waals surface area contributed by atoms with Crippen LogP contribution in [0.15, 0.2) is 121 Å².